The molecular weight excluding hydrogens is 228 g/mol. The number of halogens is 1. The average Bonchev–Trinajstić information content (AvgIpc) is 2.52. The van der Waals surface area contributed by atoms with Crippen LogP contribution in [0.15, 0.2) is 17.6 Å². The molecular formula is C7H11ClN2O3S. The fourth-order valence-electron chi connectivity index (χ4n) is 0.979. The summed E-state index contributed by atoms with van der Waals surface area (Å²) in [5.74, 6) is 0. The van der Waals surface area contributed by atoms with E-state index in [2.05, 4.69) is 4.98 Å². The highest BCUT2D eigenvalue weighted by Gasteiger charge is 2.12. The molecule has 0 aliphatic heterocycles. The maximum absolute atomic E-state index is 10.8. The molecule has 1 heterocycles. The molecule has 0 saturated carbocycles. The summed E-state index contributed by atoms with van der Waals surface area (Å²) >= 11 is 0. The van der Waals surface area contributed by atoms with Crippen LogP contribution in [0, 0.1) is 0 Å². The second kappa shape index (κ2) is 4.77. The van der Waals surface area contributed by atoms with Gasteiger partial charge in [0.2, 0.25) is 0 Å². The Morgan fingerprint density at radius 3 is 2.86 bits per heavy atom. The molecule has 0 bridgehead atoms. The number of nitrogens with zero attached hydrogens (tertiary/aromatic N) is 2. The molecule has 1 aromatic rings. The standard InChI is InChI=1S/C7H11ClN2O3S/c1-13-4-2-3-10-5-7(9-6-10)14(8,11)12/h5-6H,2-4H2,1H3. The number of ether oxygens (including phenoxy) is 1. The molecule has 5 nitrogen and oxygen atoms in total. The first-order valence-corrected chi connectivity index (χ1v) is 6.30. The Hall–Kier alpha value is -0.590. The van der Waals surface area contributed by atoms with Gasteiger partial charge in [0.15, 0.2) is 5.03 Å². The van der Waals surface area contributed by atoms with Crippen LogP contribution < -0.4 is 0 Å². The van der Waals surface area contributed by atoms with Gasteiger partial charge in [0.25, 0.3) is 9.05 Å². The van der Waals surface area contributed by atoms with E-state index in [1.54, 1.807) is 11.7 Å². The Morgan fingerprint density at radius 1 is 1.64 bits per heavy atom. The Labute approximate surface area is 87.1 Å². The summed E-state index contributed by atoms with van der Waals surface area (Å²) in [5.41, 5.74) is 0. The number of aromatic nitrogens is 2. The molecule has 0 saturated heterocycles. The number of methoxy groups -OCH3 is 1. The lowest BCUT2D eigenvalue weighted by Gasteiger charge is -1.99. The molecule has 14 heavy (non-hydrogen) atoms. The molecule has 7 heteroatoms. The SMILES string of the molecule is COCCCn1cnc(S(=O)(=O)Cl)c1. The van der Waals surface area contributed by atoms with Crippen LogP contribution in [-0.2, 0) is 20.3 Å². The minimum atomic E-state index is -3.70. The van der Waals surface area contributed by atoms with Crippen molar-refractivity contribution in [2.75, 3.05) is 13.7 Å². The second-order valence-corrected chi connectivity index (χ2v) is 5.25. The van der Waals surface area contributed by atoms with Crippen LogP contribution in [0.3, 0.4) is 0 Å². The third kappa shape index (κ3) is 3.28. The van der Waals surface area contributed by atoms with Crippen LogP contribution in [-0.4, -0.2) is 31.7 Å². The predicted octanol–water partition coefficient (Wildman–Crippen LogP) is 0.847. The summed E-state index contributed by atoms with van der Waals surface area (Å²) in [6.07, 6.45) is 3.64. The fraction of sp³-hybridized carbons (Fsp3) is 0.571. The fourth-order valence-corrected chi connectivity index (χ4v) is 1.65. The molecule has 0 radical (unpaired) electrons. The van der Waals surface area contributed by atoms with Gasteiger partial charge in [-0.2, -0.15) is 0 Å². The first-order chi connectivity index (χ1) is 6.54. The molecule has 0 aliphatic carbocycles. The Kier molecular flexibility index (Phi) is 3.91. The van der Waals surface area contributed by atoms with Crippen molar-refractivity contribution in [1.29, 1.82) is 0 Å². The quantitative estimate of drug-likeness (QED) is 0.564. The summed E-state index contributed by atoms with van der Waals surface area (Å²) in [5, 5.41) is -0.114. The van der Waals surface area contributed by atoms with E-state index in [9.17, 15) is 8.42 Å². The van der Waals surface area contributed by atoms with Crippen LogP contribution in [0.2, 0.25) is 0 Å². The smallest absolute Gasteiger partial charge is 0.280 e. The maximum atomic E-state index is 10.8. The van der Waals surface area contributed by atoms with Crippen molar-refractivity contribution in [3.05, 3.63) is 12.5 Å². The average molecular weight is 239 g/mol. The van der Waals surface area contributed by atoms with Gasteiger partial charge >= 0.3 is 0 Å². The minimum Gasteiger partial charge on any atom is -0.385 e. The summed E-state index contributed by atoms with van der Waals surface area (Å²) in [6, 6.07) is 0. The zero-order chi connectivity index (χ0) is 10.6. The van der Waals surface area contributed by atoms with E-state index in [-0.39, 0.29) is 5.03 Å². The van der Waals surface area contributed by atoms with Gasteiger partial charge in [0.1, 0.15) is 0 Å². The topological polar surface area (TPSA) is 61.2 Å². The van der Waals surface area contributed by atoms with Crippen molar-refractivity contribution in [1.82, 2.24) is 9.55 Å². The van der Waals surface area contributed by atoms with E-state index in [1.165, 1.54) is 12.5 Å². The lowest BCUT2D eigenvalue weighted by molar-refractivity contribution is 0.190. The van der Waals surface area contributed by atoms with Crippen molar-refractivity contribution < 1.29 is 13.2 Å². The molecule has 0 aromatic carbocycles. The van der Waals surface area contributed by atoms with Crippen molar-refractivity contribution in [3.63, 3.8) is 0 Å². The Bertz CT molecular complexity index is 387. The lowest BCUT2D eigenvalue weighted by Crippen LogP contribution is -1.98. The van der Waals surface area contributed by atoms with Crippen molar-refractivity contribution in [2.24, 2.45) is 0 Å². The van der Waals surface area contributed by atoms with Gasteiger partial charge < -0.3 is 9.30 Å². The molecule has 1 aromatic heterocycles. The Morgan fingerprint density at radius 2 is 2.36 bits per heavy atom. The number of hydrogen-bond acceptors (Lipinski definition) is 4. The largest absolute Gasteiger partial charge is 0.385 e. The third-order valence-corrected chi connectivity index (χ3v) is 2.81. The Balaban J connectivity index is 2.60. The molecule has 0 fully saturated rings. The summed E-state index contributed by atoms with van der Waals surface area (Å²) in [7, 11) is 3.01. The molecule has 0 atom stereocenters. The number of aryl methyl sites for hydroxylation is 1. The van der Waals surface area contributed by atoms with Crippen LogP contribution in [0.4, 0.5) is 0 Å². The molecule has 0 aliphatic rings. The van der Waals surface area contributed by atoms with Gasteiger partial charge in [-0.1, -0.05) is 0 Å². The minimum absolute atomic E-state index is 0.114. The van der Waals surface area contributed by atoms with E-state index in [1.807, 2.05) is 0 Å². The highest BCUT2D eigenvalue weighted by atomic mass is 35.7. The van der Waals surface area contributed by atoms with Gasteiger partial charge in [0.05, 0.1) is 6.33 Å². The van der Waals surface area contributed by atoms with Gasteiger partial charge in [-0.15, -0.1) is 0 Å². The number of hydrogen-bond donors (Lipinski definition) is 0. The molecule has 1 rings (SSSR count). The van der Waals surface area contributed by atoms with Crippen LogP contribution in [0.5, 0.6) is 0 Å². The molecule has 0 spiro atoms. The van der Waals surface area contributed by atoms with Crippen molar-refractivity contribution in [3.8, 4) is 0 Å². The normalized spacial score (nSPS) is 11.9. The van der Waals surface area contributed by atoms with Crippen LogP contribution >= 0.6 is 10.7 Å². The highest BCUT2D eigenvalue weighted by molar-refractivity contribution is 8.13. The highest BCUT2D eigenvalue weighted by Crippen LogP contribution is 2.11. The monoisotopic (exact) mass is 238 g/mol. The van der Waals surface area contributed by atoms with E-state index in [0.717, 1.165) is 6.42 Å². The van der Waals surface area contributed by atoms with Crippen molar-refractivity contribution >= 4 is 19.7 Å². The second-order valence-electron chi connectivity index (χ2n) is 2.73. The van der Waals surface area contributed by atoms with E-state index >= 15 is 0 Å². The van der Waals surface area contributed by atoms with Gasteiger partial charge in [-0.3, -0.25) is 0 Å². The molecule has 0 N–H and O–H groups in total. The molecule has 80 valence electrons. The van der Waals surface area contributed by atoms with Gasteiger partial charge in [0, 0.05) is 37.1 Å². The zero-order valence-corrected chi connectivity index (χ0v) is 9.25. The van der Waals surface area contributed by atoms with Crippen molar-refractivity contribution in [2.45, 2.75) is 18.0 Å². The van der Waals surface area contributed by atoms with Gasteiger partial charge in [-0.25, -0.2) is 13.4 Å². The molecule has 0 unspecified atom stereocenters. The van der Waals surface area contributed by atoms with E-state index < -0.39 is 9.05 Å². The van der Waals surface area contributed by atoms with E-state index in [4.69, 9.17) is 15.4 Å². The van der Waals surface area contributed by atoms with Crippen LogP contribution in [0.1, 0.15) is 6.42 Å². The summed E-state index contributed by atoms with van der Waals surface area (Å²) in [6.45, 7) is 1.29. The molecule has 0 amide bonds. The predicted molar refractivity (Wildman–Crippen MR) is 51.8 cm³/mol. The van der Waals surface area contributed by atoms with Gasteiger partial charge in [-0.05, 0) is 6.42 Å². The summed E-state index contributed by atoms with van der Waals surface area (Å²) < 4.78 is 28.2. The third-order valence-electron chi connectivity index (χ3n) is 1.62. The van der Waals surface area contributed by atoms with E-state index in [0.29, 0.717) is 13.2 Å². The van der Waals surface area contributed by atoms with Crippen LogP contribution in [0.25, 0.3) is 0 Å². The zero-order valence-electron chi connectivity index (χ0n) is 7.68. The number of rotatable bonds is 5. The first kappa shape index (κ1) is 11.5. The summed E-state index contributed by atoms with van der Waals surface area (Å²) in [4.78, 5) is 3.67. The maximum Gasteiger partial charge on any atom is 0.280 e. The lowest BCUT2D eigenvalue weighted by atomic mass is 10.4. The number of imidazole rings is 1. The first-order valence-electron chi connectivity index (χ1n) is 3.99.